The fourth-order valence-electron chi connectivity index (χ4n) is 3.50. The van der Waals surface area contributed by atoms with Crippen molar-refractivity contribution in [1.82, 2.24) is 5.32 Å². The minimum atomic E-state index is -0.620. The Morgan fingerprint density at radius 3 is 2.52 bits per heavy atom. The van der Waals surface area contributed by atoms with Crippen molar-refractivity contribution in [3.8, 4) is 0 Å². The number of para-hydroxylation sites is 1. The van der Waals surface area contributed by atoms with Crippen molar-refractivity contribution >= 4 is 45.4 Å². The number of nitrogens with zero attached hydrogens (tertiary/aromatic N) is 1. The van der Waals surface area contributed by atoms with Crippen LogP contribution < -0.4 is 10.6 Å². The Hall–Kier alpha value is -3.32. The number of benzene rings is 3. The Labute approximate surface area is 160 Å². The molecule has 1 aliphatic carbocycles. The van der Waals surface area contributed by atoms with Crippen molar-refractivity contribution in [2.45, 2.75) is 12.8 Å². The Morgan fingerprint density at radius 1 is 1.00 bits per heavy atom. The molecule has 0 aromatic heterocycles. The van der Waals surface area contributed by atoms with E-state index < -0.39 is 10.8 Å². The summed E-state index contributed by atoms with van der Waals surface area (Å²) in [5.41, 5.74) is 3.11. The van der Waals surface area contributed by atoms with Crippen molar-refractivity contribution in [2.24, 2.45) is 0 Å². The summed E-state index contributed by atoms with van der Waals surface area (Å²) in [6.07, 6.45) is 2.05. The molecule has 3 aromatic carbocycles. The minimum absolute atomic E-state index is 0.0351. The van der Waals surface area contributed by atoms with Gasteiger partial charge in [0.2, 0.25) is 0 Å². The second kappa shape index (κ2) is 6.77. The lowest BCUT2D eigenvalue weighted by Gasteiger charge is -2.13. The van der Waals surface area contributed by atoms with E-state index in [2.05, 4.69) is 22.8 Å². The molecular weight excluding hydrogens is 362 g/mol. The van der Waals surface area contributed by atoms with E-state index in [4.69, 9.17) is 12.2 Å². The summed E-state index contributed by atoms with van der Waals surface area (Å²) in [7, 11) is 0. The second-order valence-electron chi connectivity index (χ2n) is 6.29. The van der Waals surface area contributed by atoms with E-state index in [0.29, 0.717) is 0 Å². The van der Waals surface area contributed by atoms with Gasteiger partial charge in [-0.25, -0.2) is 0 Å². The maximum Gasteiger partial charge on any atom is 0.282 e. The Balaban J connectivity index is 1.57. The van der Waals surface area contributed by atoms with Crippen molar-refractivity contribution in [3.05, 3.63) is 81.4 Å². The standard InChI is InChI=1S/C20H15N3O3S/c24-19(15-5-1-2-7-17(15)23(25)26)22-20(27)21-16-11-10-13-9-8-12-4-3-6-14(16)18(12)13/h1-7,10-11H,8-9H2,(H2,21,22,24,27). The number of anilines is 1. The number of hydrogen-bond donors (Lipinski definition) is 2. The predicted octanol–water partition coefficient (Wildman–Crippen LogP) is 3.97. The number of carbonyl (C=O) groups is 1. The van der Waals surface area contributed by atoms with Crippen molar-refractivity contribution in [3.63, 3.8) is 0 Å². The van der Waals surface area contributed by atoms with Crippen LogP contribution in [-0.4, -0.2) is 15.9 Å². The van der Waals surface area contributed by atoms with Gasteiger partial charge in [0.1, 0.15) is 5.56 Å². The van der Waals surface area contributed by atoms with Gasteiger partial charge < -0.3 is 5.32 Å². The fourth-order valence-corrected chi connectivity index (χ4v) is 3.71. The van der Waals surface area contributed by atoms with Crippen LogP contribution in [0.15, 0.2) is 54.6 Å². The number of aryl methyl sites for hydroxylation is 2. The summed E-state index contributed by atoms with van der Waals surface area (Å²) in [5, 5.41) is 19.0. The maximum atomic E-state index is 12.4. The third-order valence-electron chi connectivity index (χ3n) is 4.70. The Bertz CT molecular complexity index is 1100. The van der Waals surface area contributed by atoms with Gasteiger partial charge in [-0.15, -0.1) is 0 Å². The number of thiocarbonyl (C=S) groups is 1. The van der Waals surface area contributed by atoms with Gasteiger partial charge in [-0.1, -0.05) is 36.4 Å². The molecule has 134 valence electrons. The first-order valence-electron chi connectivity index (χ1n) is 8.44. The molecule has 0 bridgehead atoms. The first-order valence-corrected chi connectivity index (χ1v) is 8.84. The van der Waals surface area contributed by atoms with Crippen LogP contribution in [0.1, 0.15) is 21.5 Å². The largest absolute Gasteiger partial charge is 0.332 e. The van der Waals surface area contributed by atoms with Gasteiger partial charge in [-0.2, -0.15) is 0 Å². The van der Waals surface area contributed by atoms with E-state index in [1.54, 1.807) is 6.07 Å². The third-order valence-corrected chi connectivity index (χ3v) is 4.90. The summed E-state index contributed by atoms with van der Waals surface area (Å²) in [5.74, 6) is -0.620. The van der Waals surface area contributed by atoms with Crippen LogP contribution in [0, 0.1) is 10.1 Å². The average Bonchev–Trinajstić information content (AvgIpc) is 3.08. The zero-order valence-electron chi connectivity index (χ0n) is 14.2. The number of rotatable bonds is 3. The molecule has 1 amide bonds. The maximum absolute atomic E-state index is 12.4. The SMILES string of the molecule is O=C(NC(=S)Nc1ccc2c3c(cccc13)CC2)c1ccccc1[N+](=O)[O-]. The van der Waals surface area contributed by atoms with Crippen LogP contribution in [-0.2, 0) is 12.8 Å². The van der Waals surface area contributed by atoms with Gasteiger partial charge in [0, 0.05) is 17.1 Å². The number of nitro benzene ring substituents is 1. The highest BCUT2D eigenvalue weighted by atomic mass is 32.1. The van der Waals surface area contributed by atoms with Gasteiger partial charge in [-0.05, 0) is 53.7 Å². The van der Waals surface area contributed by atoms with Gasteiger partial charge in [-0.3, -0.25) is 20.2 Å². The molecule has 0 saturated heterocycles. The van der Waals surface area contributed by atoms with E-state index in [1.807, 2.05) is 18.2 Å². The van der Waals surface area contributed by atoms with E-state index in [-0.39, 0.29) is 16.4 Å². The van der Waals surface area contributed by atoms with E-state index in [1.165, 1.54) is 34.7 Å². The summed E-state index contributed by atoms with van der Waals surface area (Å²) in [6.45, 7) is 0. The molecule has 0 fully saturated rings. The lowest BCUT2D eigenvalue weighted by molar-refractivity contribution is -0.385. The van der Waals surface area contributed by atoms with Gasteiger partial charge in [0.15, 0.2) is 5.11 Å². The van der Waals surface area contributed by atoms with E-state index in [0.717, 1.165) is 23.9 Å². The number of hydrogen-bond acceptors (Lipinski definition) is 4. The number of amides is 1. The molecule has 0 atom stereocenters. The molecule has 0 saturated carbocycles. The van der Waals surface area contributed by atoms with Crippen molar-refractivity contribution in [1.29, 1.82) is 0 Å². The third kappa shape index (κ3) is 3.13. The number of nitro groups is 1. The Kier molecular flexibility index (Phi) is 4.29. The number of nitrogens with one attached hydrogen (secondary N) is 2. The topological polar surface area (TPSA) is 84.3 Å². The first-order chi connectivity index (χ1) is 13.0. The highest BCUT2D eigenvalue weighted by molar-refractivity contribution is 7.80. The van der Waals surface area contributed by atoms with Crippen LogP contribution >= 0.6 is 12.2 Å². The fraction of sp³-hybridized carbons (Fsp3) is 0.100. The highest BCUT2D eigenvalue weighted by Gasteiger charge is 2.20. The molecule has 0 aliphatic heterocycles. The smallest absolute Gasteiger partial charge is 0.282 e. The molecule has 0 unspecified atom stereocenters. The van der Waals surface area contributed by atoms with Crippen LogP contribution in [0.25, 0.3) is 10.8 Å². The van der Waals surface area contributed by atoms with Crippen molar-refractivity contribution < 1.29 is 9.72 Å². The molecule has 2 N–H and O–H groups in total. The Morgan fingerprint density at radius 2 is 1.74 bits per heavy atom. The van der Waals surface area contributed by atoms with Crippen LogP contribution in [0.5, 0.6) is 0 Å². The molecule has 0 heterocycles. The van der Waals surface area contributed by atoms with E-state index >= 15 is 0 Å². The summed E-state index contributed by atoms with van der Waals surface area (Å²) in [6, 6.07) is 15.9. The van der Waals surface area contributed by atoms with Crippen LogP contribution in [0.3, 0.4) is 0 Å². The highest BCUT2D eigenvalue weighted by Crippen LogP contribution is 2.34. The lowest BCUT2D eigenvalue weighted by atomic mass is 10.0. The number of carbonyl (C=O) groups excluding carboxylic acids is 1. The van der Waals surface area contributed by atoms with Crippen molar-refractivity contribution in [2.75, 3.05) is 5.32 Å². The second-order valence-corrected chi connectivity index (χ2v) is 6.70. The zero-order valence-corrected chi connectivity index (χ0v) is 15.0. The molecule has 3 aromatic rings. The molecule has 27 heavy (non-hydrogen) atoms. The van der Waals surface area contributed by atoms with E-state index in [9.17, 15) is 14.9 Å². The molecule has 4 rings (SSSR count). The molecule has 0 spiro atoms. The van der Waals surface area contributed by atoms with Crippen LogP contribution in [0.4, 0.5) is 11.4 Å². The monoisotopic (exact) mass is 377 g/mol. The average molecular weight is 377 g/mol. The quantitative estimate of drug-likeness (QED) is 0.410. The van der Waals surface area contributed by atoms with Gasteiger partial charge in [0.25, 0.3) is 11.6 Å². The predicted molar refractivity (Wildman–Crippen MR) is 108 cm³/mol. The zero-order chi connectivity index (χ0) is 19.0. The molecule has 1 aliphatic rings. The minimum Gasteiger partial charge on any atom is -0.332 e. The van der Waals surface area contributed by atoms with Gasteiger partial charge >= 0.3 is 0 Å². The normalized spacial score (nSPS) is 12.0. The summed E-state index contributed by atoms with van der Waals surface area (Å²) >= 11 is 5.25. The molecule has 6 nitrogen and oxygen atoms in total. The summed E-state index contributed by atoms with van der Waals surface area (Å²) in [4.78, 5) is 22.9. The van der Waals surface area contributed by atoms with Crippen LogP contribution in [0.2, 0.25) is 0 Å². The lowest BCUT2D eigenvalue weighted by Crippen LogP contribution is -2.34. The summed E-state index contributed by atoms with van der Waals surface area (Å²) < 4.78 is 0. The molecular formula is C20H15N3O3S. The molecule has 0 radical (unpaired) electrons. The molecule has 7 heteroatoms. The van der Waals surface area contributed by atoms with Gasteiger partial charge in [0.05, 0.1) is 4.92 Å². The first kappa shape index (κ1) is 17.1.